The van der Waals surface area contributed by atoms with Crippen LogP contribution in [0.2, 0.25) is 5.02 Å². The first-order chi connectivity index (χ1) is 16.0. The molecule has 3 rings (SSSR count). The van der Waals surface area contributed by atoms with Crippen LogP contribution in [0.5, 0.6) is 11.5 Å². The Bertz CT molecular complexity index is 1060. The fraction of sp³-hybridized carbons (Fsp3) is 0.391. The maximum Gasteiger partial charge on any atom is 0.417 e. The number of nitrogens with zero attached hydrogens (tertiary/aromatic N) is 2. The molecule has 1 aliphatic rings. The molecule has 0 radical (unpaired) electrons. The fourth-order valence-corrected chi connectivity index (χ4v) is 3.92. The van der Waals surface area contributed by atoms with Crippen molar-refractivity contribution in [2.75, 3.05) is 45.7 Å². The van der Waals surface area contributed by atoms with Crippen LogP contribution in [-0.2, 0) is 11.0 Å². The highest BCUT2D eigenvalue weighted by Gasteiger charge is 2.34. The van der Waals surface area contributed by atoms with E-state index in [1.165, 1.54) is 20.3 Å². The van der Waals surface area contributed by atoms with Gasteiger partial charge in [-0.2, -0.15) is 13.2 Å². The molecule has 0 aliphatic carbocycles. The quantitative estimate of drug-likeness (QED) is 0.646. The van der Waals surface area contributed by atoms with Crippen molar-refractivity contribution in [2.45, 2.75) is 19.1 Å². The minimum atomic E-state index is -4.62. The summed E-state index contributed by atoms with van der Waals surface area (Å²) in [6.45, 7) is 3.32. The monoisotopic (exact) mass is 499 g/mol. The number of hydrogen-bond acceptors (Lipinski definition) is 5. The standard InChI is InChI=1S/C23H25ClF3N3O4/c1-14(21(31)28-16-5-6-18(24)17(13-16)23(25,26)27)29-8-10-30(11-9-29)22(32)15-4-7-19(33-2)20(12-15)34-3/h4-7,12-14H,8-11H2,1-3H3,(H,28,31). The largest absolute Gasteiger partial charge is 0.493 e. The topological polar surface area (TPSA) is 71.1 Å². The molecule has 1 atom stereocenters. The third-order valence-corrected chi connectivity index (χ3v) is 6.03. The van der Waals surface area contributed by atoms with Gasteiger partial charge in [0.05, 0.1) is 30.8 Å². The zero-order valence-electron chi connectivity index (χ0n) is 18.9. The van der Waals surface area contributed by atoms with Crippen LogP contribution >= 0.6 is 11.6 Å². The molecule has 7 nitrogen and oxygen atoms in total. The molecule has 1 N–H and O–H groups in total. The first-order valence-corrected chi connectivity index (χ1v) is 10.9. The van der Waals surface area contributed by atoms with Gasteiger partial charge in [0.25, 0.3) is 5.91 Å². The van der Waals surface area contributed by atoms with Crippen molar-refractivity contribution < 1.29 is 32.2 Å². The first-order valence-electron chi connectivity index (χ1n) is 10.5. The maximum atomic E-state index is 13.1. The Morgan fingerprint density at radius 3 is 2.24 bits per heavy atom. The predicted molar refractivity (Wildman–Crippen MR) is 122 cm³/mol. The zero-order valence-corrected chi connectivity index (χ0v) is 19.7. The van der Waals surface area contributed by atoms with Gasteiger partial charge in [-0.25, -0.2) is 0 Å². The number of carbonyl (C=O) groups excluding carboxylic acids is 2. The number of hydrogen-bond donors (Lipinski definition) is 1. The van der Waals surface area contributed by atoms with Crippen molar-refractivity contribution in [3.05, 3.63) is 52.5 Å². The Hall–Kier alpha value is -2.98. The summed E-state index contributed by atoms with van der Waals surface area (Å²) < 4.78 is 49.7. The van der Waals surface area contributed by atoms with Crippen molar-refractivity contribution in [3.8, 4) is 11.5 Å². The molecule has 0 saturated carbocycles. The van der Waals surface area contributed by atoms with E-state index in [4.69, 9.17) is 21.1 Å². The highest BCUT2D eigenvalue weighted by Crippen LogP contribution is 2.36. The van der Waals surface area contributed by atoms with Crippen molar-refractivity contribution in [3.63, 3.8) is 0 Å². The van der Waals surface area contributed by atoms with E-state index in [1.54, 1.807) is 30.0 Å². The first kappa shape index (κ1) is 25.6. The molecule has 2 amide bonds. The Kier molecular flexibility index (Phi) is 7.93. The van der Waals surface area contributed by atoms with Crippen LogP contribution in [0.3, 0.4) is 0 Å². The SMILES string of the molecule is COc1ccc(C(=O)N2CCN(C(C)C(=O)Nc3ccc(Cl)c(C(F)(F)F)c3)CC2)cc1OC. The summed E-state index contributed by atoms with van der Waals surface area (Å²) in [7, 11) is 3.00. The lowest BCUT2D eigenvalue weighted by atomic mass is 10.1. The van der Waals surface area contributed by atoms with Gasteiger partial charge in [0.2, 0.25) is 5.91 Å². The lowest BCUT2D eigenvalue weighted by Gasteiger charge is -2.37. The van der Waals surface area contributed by atoms with Crippen LogP contribution in [0.25, 0.3) is 0 Å². The molecule has 0 spiro atoms. The summed E-state index contributed by atoms with van der Waals surface area (Å²) >= 11 is 5.63. The third-order valence-electron chi connectivity index (χ3n) is 5.70. The highest BCUT2D eigenvalue weighted by atomic mass is 35.5. The number of alkyl halides is 3. The van der Waals surface area contributed by atoms with Gasteiger partial charge in [-0.05, 0) is 43.3 Å². The summed E-state index contributed by atoms with van der Waals surface area (Å²) in [5, 5.41) is 2.08. The second kappa shape index (κ2) is 10.5. The van der Waals surface area contributed by atoms with Crippen molar-refractivity contribution in [2.24, 2.45) is 0 Å². The van der Waals surface area contributed by atoms with Crippen LogP contribution < -0.4 is 14.8 Å². The molecule has 0 bridgehead atoms. The normalized spacial score (nSPS) is 15.6. The van der Waals surface area contributed by atoms with Crippen molar-refractivity contribution in [1.82, 2.24) is 9.80 Å². The van der Waals surface area contributed by atoms with Crippen LogP contribution in [0, 0.1) is 0 Å². The van der Waals surface area contributed by atoms with Crippen LogP contribution in [0.1, 0.15) is 22.8 Å². The Balaban J connectivity index is 1.60. The van der Waals surface area contributed by atoms with Gasteiger partial charge in [-0.1, -0.05) is 11.6 Å². The molecule has 2 aromatic rings. The van der Waals surface area contributed by atoms with Crippen molar-refractivity contribution >= 4 is 29.1 Å². The van der Waals surface area contributed by atoms with Crippen molar-refractivity contribution in [1.29, 1.82) is 0 Å². The van der Waals surface area contributed by atoms with E-state index in [2.05, 4.69) is 5.32 Å². The number of rotatable bonds is 6. The van der Waals surface area contributed by atoms with Gasteiger partial charge < -0.3 is 19.7 Å². The molecule has 1 unspecified atom stereocenters. The number of ether oxygens (including phenoxy) is 2. The van der Waals surface area contributed by atoms with Crippen LogP contribution in [0.4, 0.5) is 18.9 Å². The summed E-state index contributed by atoms with van der Waals surface area (Å²) in [6, 6.07) is 7.56. The second-order valence-corrected chi connectivity index (χ2v) is 8.16. The summed E-state index contributed by atoms with van der Waals surface area (Å²) in [5.74, 6) is 0.355. The molecule has 0 aromatic heterocycles. The summed E-state index contributed by atoms with van der Waals surface area (Å²) in [5.41, 5.74) is -0.544. The molecular weight excluding hydrogens is 475 g/mol. The minimum Gasteiger partial charge on any atom is -0.493 e. The van der Waals surface area contributed by atoms with E-state index >= 15 is 0 Å². The van der Waals surface area contributed by atoms with Gasteiger partial charge in [-0.15, -0.1) is 0 Å². The molecule has 1 saturated heterocycles. The lowest BCUT2D eigenvalue weighted by molar-refractivity contribution is -0.137. The number of anilines is 1. The summed E-state index contributed by atoms with van der Waals surface area (Å²) in [4.78, 5) is 29.1. The van der Waals surface area contributed by atoms with E-state index < -0.39 is 28.7 Å². The van der Waals surface area contributed by atoms with E-state index in [9.17, 15) is 22.8 Å². The average Bonchev–Trinajstić information content (AvgIpc) is 2.83. The average molecular weight is 500 g/mol. The van der Waals surface area contributed by atoms with Gasteiger partial charge >= 0.3 is 6.18 Å². The Morgan fingerprint density at radius 2 is 1.65 bits per heavy atom. The maximum absolute atomic E-state index is 13.1. The second-order valence-electron chi connectivity index (χ2n) is 7.76. The number of halogens is 4. The van der Waals surface area contributed by atoms with Crippen LogP contribution in [0.15, 0.2) is 36.4 Å². The van der Waals surface area contributed by atoms with E-state index in [0.29, 0.717) is 43.2 Å². The molecule has 2 aromatic carbocycles. The molecule has 1 heterocycles. The Morgan fingerprint density at radius 1 is 1.00 bits per heavy atom. The Labute approximate surface area is 200 Å². The number of methoxy groups -OCH3 is 2. The van der Waals surface area contributed by atoms with Gasteiger partial charge in [0.15, 0.2) is 11.5 Å². The number of piperazine rings is 1. The van der Waals surface area contributed by atoms with Gasteiger partial charge in [-0.3, -0.25) is 14.5 Å². The highest BCUT2D eigenvalue weighted by molar-refractivity contribution is 6.31. The number of nitrogens with one attached hydrogen (secondary N) is 1. The third kappa shape index (κ3) is 5.74. The fourth-order valence-electron chi connectivity index (χ4n) is 3.70. The predicted octanol–water partition coefficient (Wildman–Crippen LogP) is 4.16. The van der Waals surface area contributed by atoms with Crippen LogP contribution in [-0.4, -0.2) is 68.1 Å². The van der Waals surface area contributed by atoms with E-state index in [-0.39, 0.29) is 11.6 Å². The van der Waals surface area contributed by atoms with Gasteiger partial charge in [0.1, 0.15) is 0 Å². The minimum absolute atomic E-state index is 0.0100. The van der Waals surface area contributed by atoms with E-state index in [0.717, 1.165) is 12.1 Å². The van der Waals surface area contributed by atoms with E-state index in [1.807, 2.05) is 4.90 Å². The molecule has 34 heavy (non-hydrogen) atoms. The molecule has 1 fully saturated rings. The summed E-state index contributed by atoms with van der Waals surface area (Å²) in [6.07, 6.45) is -4.62. The lowest BCUT2D eigenvalue weighted by Crippen LogP contribution is -2.54. The van der Waals surface area contributed by atoms with Gasteiger partial charge in [0, 0.05) is 37.4 Å². The smallest absolute Gasteiger partial charge is 0.417 e. The zero-order chi connectivity index (χ0) is 25.0. The number of amides is 2. The number of benzene rings is 2. The number of carbonyl (C=O) groups is 2. The molecule has 11 heteroatoms. The molecule has 184 valence electrons. The molecule has 1 aliphatic heterocycles. The molecular formula is C23H25ClF3N3O4.